The quantitative estimate of drug-likeness (QED) is 0.783. The van der Waals surface area contributed by atoms with E-state index in [2.05, 4.69) is 4.98 Å². The molecule has 0 aliphatic rings. The molecule has 0 saturated heterocycles. The summed E-state index contributed by atoms with van der Waals surface area (Å²) in [6.45, 7) is 4.54. The van der Waals surface area contributed by atoms with Crippen LogP contribution >= 0.6 is 11.6 Å². The van der Waals surface area contributed by atoms with Gasteiger partial charge in [-0.25, -0.2) is 0 Å². The molecule has 0 aliphatic heterocycles. The largest absolute Gasteiger partial charge is 0.484 e. The molecule has 24 heavy (non-hydrogen) atoms. The summed E-state index contributed by atoms with van der Waals surface area (Å²) in [7, 11) is 0. The van der Waals surface area contributed by atoms with Crippen LogP contribution in [0.2, 0.25) is 5.02 Å². The Bertz CT molecular complexity index is 839. The lowest BCUT2D eigenvalue weighted by molar-refractivity contribution is 0.0907. The first-order chi connectivity index (χ1) is 11.2. The van der Waals surface area contributed by atoms with Crippen LogP contribution in [0.5, 0.6) is 5.75 Å². The molecular formula is C17H17ClN2O4. The van der Waals surface area contributed by atoms with Crippen molar-refractivity contribution in [1.29, 1.82) is 0 Å². The van der Waals surface area contributed by atoms with Crippen LogP contribution in [0.25, 0.3) is 0 Å². The van der Waals surface area contributed by atoms with E-state index in [1.807, 2.05) is 0 Å². The van der Waals surface area contributed by atoms with Gasteiger partial charge in [-0.1, -0.05) is 11.6 Å². The normalized spacial score (nSPS) is 10.5. The molecule has 2 rings (SSSR count). The topological polar surface area (TPSA) is 102 Å². The SMILES string of the molecule is CC(=O)c1c(C)[nH]c(C(=O)COc2cc(Cl)ccc2C(N)=O)c1C. The number of Topliss-reactive ketones (excluding diaryl/α,β-unsaturated/α-hetero) is 2. The number of nitrogens with two attached hydrogens (primary N) is 1. The number of aryl methyl sites for hydroxylation is 1. The number of carbonyl (C=O) groups excluding carboxylic acids is 3. The lowest BCUT2D eigenvalue weighted by atomic mass is 10.1. The second-order valence-corrected chi connectivity index (χ2v) is 5.83. The zero-order chi connectivity index (χ0) is 18.0. The van der Waals surface area contributed by atoms with E-state index < -0.39 is 5.91 Å². The Hall–Kier alpha value is -2.60. The molecule has 0 atom stereocenters. The minimum atomic E-state index is -0.681. The number of amides is 1. The third-order valence-corrected chi connectivity index (χ3v) is 3.87. The number of aromatic nitrogens is 1. The number of ether oxygens (including phenoxy) is 1. The number of rotatable bonds is 6. The van der Waals surface area contributed by atoms with Crippen molar-refractivity contribution < 1.29 is 19.1 Å². The molecule has 0 bridgehead atoms. The Morgan fingerprint density at radius 2 is 1.92 bits per heavy atom. The van der Waals surface area contributed by atoms with Crippen LogP contribution in [0.4, 0.5) is 0 Å². The third-order valence-electron chi connectivity index (χ3n) is 3.64. The van der Waals surface area contributed by atoms with Crippen molar-refractivity contribution in [1.82, 2.24) is 4.98 Å². The summed E-state index contributed by atoms with van der Waals surface area (Å²) in [6.07, 6.45) is 0. The van der Waals surface area contributed by atoms with Crippen molar-refractivity contribution in [3.05, 3.63) is 51.3 Å². The van der Waals surface area contributed by atoms with E-state index in [1.54, 1.807) is 13.8 Å². The molecule has 1 amide bonds. The fraction of sp³-hybridized carbons (Fsp3) is 0.235. The number of nitrogens with one attached hydrogen (secondary N) is 1. The van der Waals surface area contributed by atoms with E-state index in [4.69, 9.17) is 22.1 Å². The molecule has 0 unspecified atom stereocenters. The van der Waals surface area contributed by atoms with E-state index in [1.165, 1.54) is 25.1 Å². The Morgan fingerprint density at radius 3 is 2.46 bits per heavy atom. The zero-order valence-corrected chi connectivity index (χ0v) is 14.3. The van der Waals surface area contributed by atoms with Gasteiger partial charge < -0.3 is 15.5 Å². The second-order valence-electron chi connectivity index (χ2n) is 5.40. The van der Waals surface area contributed by atoms with Gasteiger partial charge in [-0.3, -0.25) is 14.4 Å². The van der Waals surface area contributed by atoms with Gasteiger partial charge in [0.2, 0.25) is 5.78 Å². The number of H-pyrrole nitrogens is 1. The lowest BCUT2D eigenvalue weighted by Gasteiger charge is -2.09. The van der Waals surface area contributed by atoms with Crippen molar-refractivity contribution in [3.63, 3.8) is 0 Å². The van der Waals surface area contributed by atoms with Gasteiger partial charge >= 0.3 is 0 Å². The summed E-state index contributed by atoms with van der Waals surface area (Å²) >= 11 is 5.88. The molecule has 0 fully saturated rings. The fourth-order valence-corrected chi connectivity index (χ4v) is 2.75. The number of hydrogen-bond donors (Lipinski definition) is 2. The van der Waals surface area contributed by atoms with E-state index in [0.29, 0.717) is 27.5 Å². The molecule has 1 aromatic carbocycles. The van der Waals surface area contributed by atoms with Gasteiger partial charge in [-0.05, 0) is 44.5 Å². The Labute approximate surface area is 143 Å². The molecule has 126 valence electrons. The highest BCUT2D eigenvalue weighted by Gasteiger charge is 2.20. The summed E-state index contributed by atoms with van der Waals surface area (Å²) in [5.41, 5.74) is 7.42. The average Bonchev–Trinajstić information content (AvgIpc) is 2.79. The predicted octanol–water partition coefficient (Wildman–Crippen LogP) is 2.85. The van der Waals surface area contributed by atoms with Gasteiger partial charge in [-0.2, -0.15) is 0 Å². The van der Waals surface area contributed by atoms with Gasteiger partial charge in [-0.15, -0.1) is 0 Å². The molecule has 0 aliphatic carbocycles. The molecule has 0 saturated carbocycles. The van der Waals surface area contributed by atoms with Crippen LogP contribution in [0.15, 0.2) is 18.2 Å². The van der Waals surface area contributed by atoms with Crippen molar-refractivity contribution in [2.75, 3.05) is 6.61 Å². The summed E-state index contributed by atoms with van der Waals surface area (Å²) in [5.74, 6) is -1.01. The highest BCUT2D eigenvalue weighted by atomic mass is 35.5. The number of halogens is 1. The molecule has 2 aromatic rings. The fourth-order valence-electron chi connectivity index (χ4n) is 2.59. The summed E-state index contributed by atoms with van der Waals surface area (Å²) in [6, 6.07) is 4.36. The van der Waals surface area contributed by atoms with Gasteiger partial charge in [0.05, 0.1) is 11.3 Å². The number of primary amides is 1. The van der Waals surface area contributed by atoms with E-state index >= 15 is 0 Å². The van der Waals surface area contributed by atoms with Crippen LogP contribution in [0.3, 0.4) is 0 Å². The van der Waals surface area contributed by atoms with Crippen LogP contribution in [0, 0.1) is 13.8 Å². The first-order valence-electron chi connectivity index (χ1n) is 7.17. The summed E-state index contributed by atoms with van der Waals surface area (Å²) in [5, 5.41) is 0.355. The lowest BCUT2D eigenvalue weighted by Crippen LogP contribution is -2.17. The highest BCUT2D eigenvalue weighted by molar-refractivity contribution is 6.30. The Morgan fingerprint density at radius 1 is 1.25 bits per heavy atom. The number of hydrogen-bond acceptors (Lipinski definition) is 4. The number of aromatic amines is 1. The minimum Gasteiger partial charge on any atom is -0.484 e. The van der Waals surface area contributed by atoms with E-state index in [9.17, 15) is 14.4 Å². The average molecular weight is 349 g/mol. The van der Waals surface area contributed by atoms with Gasteiger partial charge in [0, 0.05) is 16.3 Å². The maximum Gasteiger partial charge on any atom is 0.252 e. The maximum atomic E-state index is 12.4. The minimum absolute atomic E-state index is 0.118. The Kier molecular flexibility index (Phi) is 5.09. The van der Waals surface area contributed by atoms with Crippen molar-refractivity contribution >= 4 is 29.1 Å². The van der Waals surface area contributed by atoms with Gasteiger partial charge in [0.1, 0.15) is 5.75 Å². The molecule has 7 heteroatoms. The van der Waals surface area contributed by atoms with Crippen molar-refractivity contribution in [2.45, 2.75) is 20.8 Å². The molecule has 0 spiro atoms. The number of ketones is 2. The van der Waals surface area contributed by atoms with Crippen molar-refractivity contribution in [3.8, 4) is 5.75 Å². The monoisotopic (exact) mass is 348 g/mol. The second kappa shape index (κ2) is 6.88. The van der Waals surface area contributed by atoms with Crippen LogP contribution in [-0.4, -0.2) is 29.1 Å². The van der Waals surface area contributed by atoms with Crippen LogP contribution in [0.1, 0.15) is 49.4 Å². The molecule has 3 N–H and O–H groups in total. The van der Waals surface area contributed by atoms with Crippen LogP contribution < -0.4 is 10.5 Å². The van der Waals surface area contributed by atoms with Gasteiger partial charge in [0.15, 0.2) is 12.4 Å². The van der Waals surface area contributed by atoms with E-state index in [0.717, 1.165) is 0 Å². The maximum absolute atomic E-state index is 12.4. The molecule has 6 nitrogen and oxygen atoms in total. The molecule has 0 radical (unpaired) electrons. The predicted molar refractivity (Wildman–Crippen MR) is 90.1 cm³/mol. The number of benzene rings is 1. The van der Waals surface area contributed by atoms with Crippen molar-refractivity contribution in [2.24, 2.45) is 5.73 Å². The third kappa shape index (κ3) is 3.49. The highest BCUT2D eigenvalue weighted by Crippen LogP contribution is 2.24. The van der Waals surface area contributed by atoms with E-state index in [-0.39, 0.29) is 29.5 Å². The zero-order valence-electron chi connectivity index (χ0n) is 13.5. The Balaban J connectivity index is 2.24. The first-order valence-corrected chi connectivity index (χ1v) is 7.55. The van der Waals surface area contributed by atoms with Crippen LogP contribution in [-0.2, 0) is 0 Å². The summed E-state index contributed by atoms with van der Waals surface area (Å²) < 4.78 is 5.42. The number of carbonyl (C=O) groups is 3. The van der Waals surface area contributed by atoms with Gasteiger partial charge in [0.25, 0.3) is 5.91 Å². The molecular weight excluding hydrogens is 332 g/mol. The summed E-state index contributed by atoms with van der Waals surface area (Å²) in [4.78, 5) is 38.3. The molecule has 1 aromatic heterocycles. The first kappa shape index (κ1) is 17.7. The standard InChI is InChI=1S/C17H17ClN2O4/c1-8-15(10(3)21)9(2)20-16(8)13(22)7-24-14-6-11(18)4-5-12(14)17(19)23/h4-6,20H,7H2,1-3H3,(H2,19,23). The smallest absolute Gasteiger partial charge is 0.252 e. The molecule has 1 heterocycles.